The first-order chi connectivity index (χ1) is 13.4. The minimum absolute atomic E-state index is 0.0485. The molecule has 146 valence electrons. The number of rotatable bonds is 3. The number of nitrogens with one attached hydrogen (secondary N) is 1. The number of halogens is 2. The molecule has 0 aromatic heterocycles. The van der Waals surface area contributed by atoms with Crippen molar-refractivity contribution in [2.24, 2.45) is 5.41 Å². The molecule has 2 saturated heterocycles. The second-order valence-corrected chi connectivity index (χ2v) is 7.60. The third-order valence-electron chi connectivity index (χ3n) is 5.50. The molecule has 2 aliphatic heterocycles. The van der Waals surface area contributed by atoms with E-state index in [1.165, 1.54) is 24.3 Å². The highest BCUT2D eigenvalue weighted by Crippen LogP contribution is 2.41. The van der Waals surface area contributed by atoms with E-state index < -0.39 is 0 Å². The lowest BCUT2D eigenvalue weighted by Crippen LogP contribution is -2.40. The van der Waals surface area contributed by atoms with Crippen molar-refractivity contribution in [1.82, 2.24) is 10.2 Å². The van der Waals surface area contributed by atoms with Crippen molar-refractivity contribution in [3.8, 4) is 0 Å². The Labute approximate surface area is 161 Å². The molecule has 1 spiro atoms. The van der Waals surface area contributed by atoms with Crippen molar-refractivity contribution in [3.63, 3.8) is 0 Å². The van der Waals surface area contributed by atoms with Crippen LogP contribution in [0.3, 0.4) is 0 Å². The molecule has 28 heavy (non-hydrogen) atoms. The van der Waals surface area contributed by atoms with Crippen LogP contribution in [0.25, 0.3) is 0 Å². The highest BCUT2D eigenvalue weighted by atomic mass is 19.1. The monoisotopic (exact) mass is 385 g/mol. The lowest BCUT2D eigenvalue weighted by Gasteiger charge is -2.24. The fourth-order valence-electron chi connectivity index (χ4n) is 4.09. The Morgan fingerprint density at radius 2 is 1.82 bits per heavy atom. The first-order valence-electron chi connectivity index (χ1n) is 9.27. The van der Waals surface area contributed by atoms with Crippen molar-refractivity contribution in [2.45, 2.75) is 19.4 Å². The van der Waals surface area contributed by atoms with Gasteiger partial charge in [-0.2, -0.15) is 0 Å². The zero-order chi connectivity index (χ0) is 19.7. The maximum atomic E-state index is 13.5. The van der Waals surface area contributed by atoms with Gasteiger partial charge < -0.3 is 15.1 Å². The van der Waals surface area contributed by atoms with E-state index in [0.717, 1.165) is 6.42 Å². The normalized spacial score (nSPS) is 21.6. The first-order valence-corrected chi connectivity index (χ1v) is 9.27. The standard InChI is InChI=1S/C21H21F2N3O2/c22-16-4-1-3-15(9-16)12-24-20(28)25-8-7-21(13-25)11-19(27)26(14-21)18-6-2-5-17(23)10-18/h1-6,9-10H,7-8,11-14H2,(H,24,28). The molecule has 1 N–H and O–H groups in total. The average molecular weight is 385 g/mol. The second-order valence-electron chi connectivity index (χ2n) is 7.60. The van der Waals surface area contributed by atoms with Crippen LogP contribution in [0.2, 0.25) is 0 Å². The Balaban J connectivity index is 1.38. The van der Waals surface area contributed by atoms with Crippen molar-refractivity contribution in [1.29, 1.82) is 0 Å². The summed E-state index contributed by atoms with van der Waals surface area (Å²) in [5.41, 5.74) is 0.936. The van der Waals surface area contributed by atoms with Gasteiger partial charge in [0, 0.05) is 43.7 Å². The van der Waals surface area contributed by atoms with Crippen LogP contribution in [0.15, 0.2) is 48.5 Å². The molecule has 2 aliphatic rings. The Morgan fingerprint density at radius 1 is 1.07 bits per heavy atom. The lowest BCUT2D eigenvalue weighted by atomic mass is 9.86. The number of urea groups is 1. The molecular weight excluding hydrogens is 364 g/mol. The number of hydrogen-bond donors (Lipinski definition) is 1. The number of hydrogen-bond acceptors (Lipinski definition) is 2. The predicted octanol–water partition coefficient (Wildman–Crippen LogP) is 3.30. The summed E-state index contributed by atoms with van der Waals surface area (Å²) in [6.45, 7) is 1.75. The Morgan fingerprint density at radius 3 is 2.57 bits per heavy atom. The summed E-state index contributed by atoms with van der Waals surface area (Å²) in [5, 5.41) is 2.81. The third kappa shape index (κ3) is 3.69. The van der Waals surface area contributed by atoms with Crippen LogP contribution in [-0.4, -0.2) is 36.5 Å². The van der Waals surface area contributed by atoms with E-state index in [1.807, 2.05) is 0 Å². The highest BCUT2D eigenvalue weighted by molar-refractivity contribution is 5.96. The molecule has 0 radical (unpaired) electrons. The van der Waals surface area contributed by atoms with Crippen LogP contribution >= 0.6 is 0 Å². The molecule has 0 saturated carbocycles. The van der Waals surface area contributed by atoms with E-state index in [9.17, 15) is 18.4 Å². The summed E-state index contributed by atoms with van der Waals surface area (Å²) in [5.74, 6) is -0.766. The van der Waals surface area contributed by atoms with Gasteiger partial charge in [0.05, 0.1) is 0 Å². The Hall–Kier alpha value is -2.96. The topological polar surface area (TPSA) is 52.7 Å². The SMILES string of the molecule is O=C(NCc1cccc(F)c1)N1CCC2(CC(=O)N(c3cccc(F)c3)C2)C1. The van der Waals surface area contributed by atoms with Gasteiger partial charge in [-0.25, -0.2) is 13.6 Å². The van der Waals surface area contributed by atoms with Gasteiger partial charge in [-0.1, -0.05) is 18.2 Å². The van der Waals surface area contributed by atoms with Crippen LogP contribution in [0.1, 0.15) is 18.4 Å². The van der Waals surface area contributed by atoms with Crippen molar-refractivity contribution < 1.29 is 18.4 Å². The first kappa shape index (κ1) is 18.4. The fourth-order valence-corrected chi connectivity index (χ4v) is 4.09. The number of carbonyl (C=O) groups excluding carboxylic acids is 2. The number of amides is 3. The number of carbonyl (C=O) groups is 2. The number of likely N-dealkylation sites (tertiary alicyclic amines) is 1. The Kier molecular flexibility index (Phi) is 4.75. The highest BCUT2D eigenvalue weighted by Gasteiger charge is 2.48. The number of benzene rings is 2. The third-order valence-corrected chi connectivity index (χ3v) is 5.50. The van der Waals surface area contributed by atoms with Gasteiger partial charge in [-0.15, -0.1) is 0 Å². The summed E-state index contributed by atoms with van der Waals surface area (Å²) in [4.78, 5) is 28.3. The Bertz CT molecular complexity index is 920. The lowest BCUT2D eigenvalue weighted by molar-refractivity contribution is -0.117. The van der Waals surface area contributed by atoms with Crippen LogP contribution in [0, 0.1) is 17.0 Å². The van der Waals surface area contributed by atoms with Gasteiger partial charge in [0.2, 0.25) is 5.91 Å². The molecule has 0 aliphatic carbocycles. The minimum Gasteiger partial charge on any atom is -0.334 e. The number of anilines is 1. The smallest absolute Gasteiger partial charge is 0.317 e. The largest absolute Gasteiger partial charge is 0.334 e. The van der Waals surface area contributed by atoms with Gasteiger partial charge >= 0.3 is 6.03 Å². The van der Waals surface area contributed by atoms with Crippen molar-refractivity contribution >= 4 is 17.6 Å². The molecular formula is C21H21F2N3O2. The molecule has 7 heteroatoms. The van der Waals surface area contributed by atoms with Crippen LogP contribution in [-0.2, 0) is 11.3 Å². The summed E-state index contributed by atoms with van der Waals surface area (Å²) >= 11 is 0. The quantitative estimate of drug-likeness (QED) is 0.882. The zero-order valence-electron chi connectivity index (χ0n) is 15.3. The van der Waals surface area contributed by atoms with E-state index in [-0.39, 0.29) is 35.5 Å². The molecule has 1 atom stereocenters. The van der Waals surface area contributed by atoms with Crippen molar-refractivity contribution in [3.05, 3.63) is 65.7 Å². The molecule has 0 bridgehead atoms. The number of nitrogens with zero attached hydrogens (tertiary/aromatic N) is 2. The van der Waals surface area contributed by atoms with E-state index in [0.29, 0.717) is 37.3 Å². The molecule has 3 amide bonds. The maximum Gasteiger partial charge on any atom is 0.317 e. The van der Waals surface area contributed by atoms with E-state index >= 15 is 0 Å². The van der Waals surface area contributed by atoms with Gasteiger partial charge in [0.1, 0.15) is 11.6 Å². The summed E-state index contributed by atoms with van der Waals surface area (Å²) in [6.07, 6.45) is 1.06. The molecule has 2 heterocycles. The second kappa shape index (κ2) is 7.22. The zero-order valence-corrected chi connectivity index (χ0v) is 15.3. The van der Waals surface area contributed by atoms with Crippen LogP contribution in [0.4, 0.5) is 19.3 Å². The summed E-state index contributed by atoms with van der Waals surface area (Å²) < 4.78 is 26.8. The van der Waals surface area contributed by atoms with Gasteiger partial charge in [0.15, 0.2) is 0 Å². The van der Waals surface area contributed by atoms with Crippen LogP contribution < -0.4 is 10.2 Å². The summed E-state index contributed by atoms with van der Waals surface area (Å²) in [6, 6.07) is 11.9. The molecule has 2 aromatic rings. The minimum atomic E-state index is -0.379. The van der Waals surface area contributed by atoms with E-state index in [2.05, 4.69) is 5.32 Å². The molecule has 2 aromatic carbocycles. The summed E-state index contributed by atoms with van der Waals surface area (Å²) in [7, 11) is 0. The molecule has 2 fully saturated rings. The van der Waals surface area contributed by atoms with E-state index in [1.54, 1.807) is 34.1 Å². The fraction of sp³-hybridized carbons (Fsp3) is 0.333. The van der Waals surface area contributed by atoms with E-state index in [4.69, 9.17) is 0 Å². The maximum absolute atomic E-state index is 13.5. The van der Waals surface area contributed by atoms with Crippen LogP contribution in [0.5, 0.6) is 0 Å². The average Bonchev–Trinajstić information content (AvgIpc) is 3.23. The van der Waals surface area contributed by atoms with Gasteiger partial charge in [-0.05, 0) is 42.3 Å². The predicted molar refractivity (Wildman–Crippen MR) is 101 cm³/mol. The molecule has 4 rings (SSSR count). The van der Waals surface area contributed by atoms with Gasteiger partial charge in [-0.3, -0.25) is 4.79 Å². The van der Waals surface area contributed by atoms with Gasteiger partial charge in [0.25, 0.3) is 0 Å². The molecule has 5 nitrogen and oxygen atoms in total. The van der Waals surface area contributed by atoms with Crippen molar-refractivity contribution in [2.75, 3.05) is 24.5 Å². The molecule has 1 unspecified atom stereocenters.